The quantitative estimate of drug-likeness (QED) is 0.740. The van der Waals surface area contributed by atoms with Gasteiger partial charge in [-0.05, 0) is 49.6 Å². The van der Waals surface area contributed by atoms with Gasteiger partial charge in [-0.15, -0.1) is 0 Å². The second-order valence-corrected chi connectivity index (χ2v) is 9.71. The van der Waals surface area contributed by atoms with Gasteiger partial charge in [0, 0.05) is 31.7 Å². The van der Waals surface area contributed by atoms with E-state index in [1.807, 2.05) is 31.2 Å². The van der Waals surface area contributed by atoms with Crippen LogP contribution in [-0.2, 0) is 21.4 Å². The van der Waals surface area contributed by atoms with E-state index in [9.17, 15) is 13.2 Å². The van der Waals surface area contributed by atoms with Crippen molar-refractivity contribution in [2.75, 3.05) is 20.1 Å². The normalized spacial score (nSPS) is 18.0. The Hall–Kier alpha value is -1.89. The fourth-order valence-electron chi connectivity index (χ4n) is 3.47. The molecule has 1 fully saturated rings. The van der Waals surface area contributed by atoms with Crippen LogP contribution in [0.5, 0.6) is 0 Å². The highest BCUT2D eigenvalue weighted by Gasteiger charge is 2.34. The molecule has 1 aliphatic rings. The summed E-state index contributed by atoms with van der Waals surface area (Å²) < 4.78 is 27.3. The van der Waals surface area contributed by atoms with Crippen LogP contribution in [0.15, 0.2) is 53.4 Å². The molecule has 150 valence electrons. The number of hydrogen-bond acceptors (Lipinski definition) is 3. The van der Waals surface area contributed by atoms with Gasteiger partial charge in [-0.2, -0.15) is 4.31 Å². The predicted octanol–water partition coefficient (Wildman–Crippen LogP) is 3.71. The van der Waals surface area contributed by atoms with Gasteiger partial charge in [0.05, 0.1) is 10.8 Å². The van der Waals surface area contributed by atoms with E-state index in [2.05, 4.69) is 0 Å². The van der Waals surface area contributed by atoms with Crippen LogP contribution in [0.1, 0.15) is 24.0 Å². The van der Waals surface area contributed by atoms with Gasteiger partial charge in [-0.3, -0.25) is 4.79 Å². The zero-order chi connectivity index (χ0) is 20.3. The fraction of sp³-hybridized carbons (Fsp3) is 0.381. The lowest BCUT2D eigenvalue weighted by atomic mass is 9.98. The molecule has 1 aliphatic heterocycles. The Morgan fingerprint density at radius 3 is 2.43 bits per heavy atom. The van der Waals surface area contributed by atoms with Gasteiger partial charge in [0.15, 0.2) is 0 Å². The lowest BCUT2D eigenvalue weighted by molar-refractivity contribution is -0.135. The minimum atomic E-state index is -3.63. The maximum atomic E-state index is 12.9. The summed E-state index contributed by atoms with van der Waals surface area (Å²) in [5.74, 6) is -0.345. The molecule has 0 aromatic heterocycles. The van der Waals surface area contributed by atoms with Crippen molar-refractivity contribution in [1.29, 1.82) is 0 Å². The summed E-state index contributed by atoms with van der Waals surface area (Å²) in [6, 6.07) is 14.2. The molecule has 0 bridgehead atoms. The molecule has 1 saturated heterocycles. The zero-order valence-corrected chi connectivity index (χ0v) is 17.7. The van der Waals surface area contributed by atoms with Crippen molar-refractivity contribution in [1.82, 2.24) is 9.21 Å². The summed E-state index contributed by atoms with van der Waals surface area (Å²) in [4.78, 5) is 14.8. The summed E-state index contributed by atoms with van der Waals surface area (Å²) in [7, 11) is -1.86. The molecule has 28 heavy (non-hydrogen) atoms. The van der Waals surface area contributed by atoms with Crippen molar-refractivity contribution in [3.8, 4) is 0 Å². The highest BCUT2D eigenvalue weighted by Crippen LogP contribution is 2.26. The Labute approximate surface area is 172 Å². The Kier molecular flexibility index (Phi) is 6.43. The van der Waals surface area contributed by atoms with Gasteiger partial charge in [0.2, 0.25) is 15.9 Å². The van der Waals surface area contributed by atoms with E-state index in [4.69, 9.17) is 11.6 Å². The summed E-state index contributed by atoms with van der Waals surface area (Å²) in [6.45, 7) is 3.17. The second kappa shape index (κ2) is 8.64. The average Bonchev–Trinajstić information content (AvgIpc) is 2.69. The smallest absolute Gasteiger partial charge is 0.243 e. The Morgan fingerprint density at radius 1 is 1.14 bits per heavy atom. The summed E-state index contributed by atoms with van der Waals surface area (Å²) in [6.07, 6.45) is 1.37. The third-order valence-electron chi connectivity index (χ3n) is 5.10. The van der Waals surface area contributed by atoms with Crippen LogP contribution < -0.4 is 0 Å². The van der Waals surface area contributed by atoms with Gasteiger partial charge >= 0.3 is 0 Å². The van der Waals surface area contributed by atoms with Crippen LogP contribution in [0.4, 0.5) is 0 Å². The summed E-state index contributed by atoms with van der Waals surface area (Å²) >= 11 is 5.86. The molecule has 1 atom stereocenters. The number of carbonyl (C=O) groups is 1. The van der Waals surface area contributed by atoms with E-state index in [0.29, 0.717) is 31.0 Å². The number of piperidine rings is 1. The number of nitrogens with zero attached hydrogens (tertiary/aromatic N) is 2. The van der Waals surface area contributed by atoms with Crippen molar-refractivity contribution in [2.45, 2.75) is 31.2 Å². The molecular weight excluding hydrogens is 396 g/mol. The molecule has 1 unspecified atom stereocenters. The highest BCUT2D eigenvalue weighted by atomic mass is 35.5. The Balaban J connectivity index is 1.68. The number of hydrogen-bond donors (Lipinski definition) is 0. The monoisotopic (exact) mass is 420 g/mol. The largest absolute Gasteiger partial charge is 0.341 e. The van der Waals surface area contributed by atoms with Crippen LogP contribution >= 0.6 is 11.6 Å². The molecule has 2 aromatic carbocycles. The van der Waals surface area contributed by atoms with Crippen molar-refractivity contribution >= 4 is 27.5 Å². The first-order valence-corrected chi connectivity index (χ1v) is 11.2. The number of rotatable bonds is 5. The minimum Gasteiger partial charge on any atom is -0.341 e. The molecule has 5 nitrogen and oxygen atoms in total. The number of carbonyl (C=O) groups excluding carboxylic acids is 1. The Morgan fingerprint density at radius 2 is 1.79 bits per heavy atom. The summed E-state index contributed by atoms with van der Waals surface area (Å²) in [5, 5.41) is 0.489. The van der Waals surface area contributed by atoms with Crippen molar-refractivity contribution in [2.24, 2.45) is 5.92 Å². The zero-order valence-electron chi connectivity index (χ0n) is 16.1. The summed E-state index contributed by atoms with van der Waals surface area (Å²) in [5.41, 5.74) is 2.23. The number of aryl methyl sites for hydroxylation is 1. The maximum Gasteiger partial charge on any atom is 0.243 e. The average molecular weight is 421 g/mol. The molecule has 0 radical (unpaired) electrons. The molecule has 1 heterocycles. The molecule has 7 heteroatoms. The topological polar surface area (TPSA) is 57.7 Å². The van der Waals surface area contributed by atoms with E-state index in [-0.39, 0.29) is 23.3 Å². The van der Waals surface area contributed by atoms with Crippen molar-refractivity contribution < 1.29 is 13.2 Å². The maximum absolute atomic E-state index is 12.9. The van der Waals surface area contributed by atoms with Gasteiger partial charge in [0.1, 0.15) is 0 Å². The fourth-order valence-corrected chi connectivity index (χ4v) is 5.12. The van der Waals surface area contributed by atoms with E-state index in [1.165, 1.54) is 22.0 Å². The van der Waals surface area contributed by atoms with Crippen molar-refractivity contribution in [3.05, 3.63) is 64.7 Å². The number of benzene rings is 2. The third-order valence-corrected chi connectivity index (χ3v) is 7.23. The van der Waals surface area contributed by atoms with E-state index in [0.717, 1.165) is 5.56 Å². The van der Waals surface area contributed by atoms with Gasteiger partial charge in [-0.1, -0.05) is 41.4 Å². The van der Waals surface area contributed by atoms with Crippen LogP contribution in [0, 0.1) is 12.8 Å². The standard InChI is InChI=1S/C21H25ClN2O3S/c1-16-5-7-17(8-6-16)14-23(2)21(25)18-4-3-13-24(15-18)28(26,27)20-11-9-19(22)10-12-20/h5-12,18H,3-4,13-15H2,1-2H3. The molecule has 3 rings (SSSR count). The molecule has 0 saturated carbocycles. The lowest BCUT2D eigenvalue weighted by Crippen LogP contribution is -2.45. The van der Waals surface area contributed by atoms with Crippen LogP contribution in [0.3, 0.4) is 0 Å². The second-order valence-electron chi connectivity index (χ2n) is 7.34. The molecule has 1 amide bonds. The van der Waals surface area contributed by atoms with Crippen LogP contribution in [0.2, 0.25) is 5.02 Å². The molecule has 0 spiro atoms. The third kappa shape index (κ3) is 4.74. The molecule has 0 N–H and O–H groups in total. The van der Waals surface area contributed by atoms with E-state index < -0.39 is 10.0 Å². The molecular formula is C21H25ClN2O3S. The number of amides is 1. The lowest BCUT2D eigenvalue weighted by Gasteiger charge is -2.33. The first-order chi connectivity index (χ1) is 13.3. The van der Waals surface area contributed by atoms with E-state index >= 15 is 0 Å². The minimum absolute atomic E-state index is 0.0171. The Bertz CT molecular complexity index is 927. The highest BCUT2D eigenvalue weighted by molar-refractivity contribution is 7.89. The van der Waals surface area contributed by atoms with Crippen LogP contribution in [0.25, 0.3) is 0 Å². The first-order valence-electron chi connectivity index (χ1n) is 9.33. The SMILES string of the molecule is Cc1ccc(CN(C)C(=O)C2CCCN(S(=O)(=O)c3ccc(Cl)cc3)C2)cc1. The number of sulfonamides is 1. The van der Waals surface area contributed by atoms with Gasteiger partial charge in [-0.25, -0.2) is 8.42 Å². The molecule has 0 aliphatic carbocycles. The van der Waals surface area contributed by atoms with Crippen molar-refractivity contribution in [3.63, 3.8) is 0 Å². The molecule has 2 aromatic rings. The first kappa shape index (κ1) is 20.8. The predicted molar refractivity (Wildman–Crippen MR) is 111 cm³/mol. The number of halogens is 1. The van der Waals surface area contributed by atoms with E-state index in [1.54, 1.807) is 24.1 Å². The van der Waals surface area contributed by atoms with Gasteiger partial charge in [0.25, 0.3) is 0 Å². The van der Waals surface area contributed by atoms with Crippen LogP contribution in [-0.4, -0.2) is 43.7 Å². The van der Waals surface area contributed by atoms with Gasteiger partial charge < -0.3 is 4.90 Å².